The van der Waals surface area contributed by atoms with Gasteiger partial charge >= 0.3 is 0 Å². The Balaban J connectivity index is 1.21. The van der Waals surface area contributed by atoms with Crippen molar-refractivity contribution in [1.82, 2.24) is 14.5 Å². The van der Waals surface area contributed by atoms with Crippen LogP contribution in [0.25, 0.3) is 6.08 Å². The van der Waals surface area contributed by atoms with Crippen LogP contribution in [0.2, 0.25) is 5.02 Å². The summed E-state index contributed by atoms with van der Waals surface area (Å²) >= 11 is 5.87. The molecule has 0 saturated carbocycles. The van der Waals surface area contributed by atoms with Crippen molar-refractivity contribution in [1.29, 1.82) is 5.26 Å². The van der Waals surface area contributed by atoms with E-state index in [1.807, 2.05) is 17.7 Å². The largest absolute Gasteiger partial charge is 0.366 e. The van der Waals surface area contributed by atoms with E-state index < -0.39 is 5.82 Å². The van der Waals surface area contributed by atoms with Crippen LogP contribution in [0.4, 0.5) is 21.7 Å². The van der Waals surface area contributed by atoms with Gasteiger partial charge in [0.15, 0.2) is 11.6 Å². The maximum atomic E-state index is 14.3. The van der Waals surface area contributed by atoms with E-state index in [0.29, 0.717) is 22.6 Å². The van der Waals surface area contributed by atoms with E-state index >= 15 is 0 Å². The molecule has 0 spiro atoms. The molecule has 0 bridgehead atoms. The number of benzene rings is 2. The van der Waals surface area contributed by atoms with Gasteiger partial charge in [0.2, 0.25) is 0 Å². The molecule has 1 aliphatic carbocycles. The summed E-state index contributed by atoms with van der Waals surface area (Å²) in [4.78, 5) is 6.90. The summed E-state index contributed by atoms with van der Waals surface area (Å²) in [6, 6.07) is 11.6. The zero-order valence-corrected chi connectivity index (χ0v) is 20.7. The Morgan fingerprint density at radius 1 is 1.23 bits per heavy atom. The molecule has 1 fully saturated rings. The normalized spacial score (nSPS) is 16.0. The van der Waals surface area contributed by atoms with Crippen LogP contribution in [0.1, 0.15) is 35.1 Å². The fourth-order valence-corrected chi connectivity index (χ4v) is 5.10. The van der Waals surface area contributed by atoms with Crippen LogP contribution in [0.3, 0.4) is 0 Å². The van der Waals surface area contributed by atoms with Gasteiger partial charge in [0.1, 0.15) is 5.82 Å². The molecular weight excluding hydrogens is 463 g/mol. The number of nitriles is 1. The minimum atomic E-state index is -0.413. The lowest BCUT2D eigenvalue weighted by Crippen LogP contribution is -2.39. The molecule has 0 amide bonds. The van der Waals surface area contributed by atoms with Gasteiger partial charge in [0.05, 0.1) is 18.1 Å². The number of likely N-dealkylation sites (tertiary alicyclic amines) is 1. The Morgan fingerprint density at radius 2 is 2.03 bits per heavy atom. The van der Waals surface area contributed by atoms with Crippen molar-refractivity contribution in [2.45, 2.75) is 38.8 Å². The fourth-order valence-electron chi connectivity index (χ4n) is 4.94. The molecule has 2 aromatic carbocycles. The predicted molar refractivity (Wildman–Crippen MR) is 138 cm³/mol. The lowest BCUT2D eigenvalue weighted by atomic mass is 9.97. The van der Waals surface area contributed by atoms with Crippen LogP contribution in [-0.4, -0.2) is 33.6 Å². The summed E-state index contributed by atoms with van der Waals surface area (Å²) < 4.78 is 16.2. The van der Waals surface area contributed by atoms with Gasteiger partial charge in [0.25, 0.3) is 0 Å². The van der Waals surface area contributed by atoms with E-state index in [-0.39, 0.29) is 0 Å². The first-order chi connectivity index (χ1) is 16.9. The quantitative estimate of drug-likeness (QED) is 0.456. The second kappa shape index (κ2) is 9.73. The van der Waals surface area contributed by atoms with Crippen LogP contribution in [0.15, 0.2) is 42.2 Å². The van der Waals surface area contributed by atoms with Gasteiger partial charge < -0.3 is 15.2 Å². The predicted octanol–water partition coefficient (Wildman–Crippen LogP) is 5.80. The number of piperidine rings is 1. The highest BCUT2D eigenvalue weighted by atomic mass is 35.5. The summed E-state index contributed by atoms with van der Waals surface area (Å²) in [5, 5.41) is 16.3. The Bertz CT molecular complexity index is 1330. The molecule has 180 valence electrons. The average Bonchev–Trinajstić information content (AvgIpc) is 3.43. The molecule has 35 heavy (non-hydrogen) atoms. The second-order valence-electron chi connectivity index (χ2n) is 9.38. The van der Waals surface area contributed by atoms with Crippen molar-refractivity contribution in [2.75, 3.05) is 23.7 Å². The van der Waals surface area contributed by atoms with E-state index in [1.54, 1.807) is 18.5 Å². The SMILES string of the molecule is Cc1c(CN2CCC(Nc3c(Nc4ccc(Cl)cc4F)ncn3C)CC2)ccc2c1C=C(C#N)C2. The highest BCUT2D eigenvalue weighted by molar-refractivity contribution is 6.30. The number of allylic oxidation sites excluding steroid dienone is 1. The van der Waals surface area contributed by atoms with Crippen molar-refractivity contribution in [3.05, 3.63) is 75.3 Å². The van der Waals surface area contributed by atoms with E-state index in [4.69, 9.17) is 11.6 Å². The summed E-state index contributed by atoms with van der Waals surface area (Å²) in [5.74, 6) is 1.02. The van der Waals surface area contributed by atoms with Crippen molar-refractivity contribution in [2.24, 2.45) is 7.05 Å². The van der Waals surface area contributed by atoms with E-state index in [9.17, 15) is 9.65 Å². The van der Waals surface area contributed by atoms with Crippen molar-refractivity contribution >= 4 is 35.0 Å². The number of anilines is 3. The summed E-state index contributed by atoms with van der Waals surface area (Å²) in [7, 11) is 1.93. The van der Waals surface area contributed by atoms with Crippen LogP contribution in [0, 0.1) is 24.1 Å². The number of halogens is 2. The monoisotopic (exact) mass is 490 g/mol. The number of nitrogens with zero attached hydrogens (tertiary/aromatic N) is 4. The van der Waals surface area contributed by atoms with Crippen molar-refractivity contribution in [3.63, 3.8) is 0 Å². The maximum absolute atomic E-state index is 14.3. The number of fused-ring (bicyclic) bond motifs is 1. The molecule has 2 heterocycles. The zero-order chi connectivity index (χ0) is 24.5. The van der Waals surface area contributed by atoms with Crippen LogP contribution >= 0.6 is 11.6 Å². The minimum Gasteiger partial charge on any atom is -0.366 e. The smallest absolute Gasteiger partial charge is 0.173 e. The molecule has 0 unspecified atom stereocenters. The molecule has 3 aromatic rings. The van der Waals surface area contributed by atoms with Crippen LogP contribution < -0.4 is 10.6 Å². The van der Waals surface area contributed by atoms with Crippen LogP contribution in [-0.2, 0) is 20.0 Å². The molecule has 1 aromatic heterocycles. The van der Waals surface area contributed by atoms with Gasteiger partial charge in [-0.2, -0.15) is 5.26 Å². The Morgan fingerprint density at radius 3 is 2.77 bits per heavy atom. The summed E-state index contributed by atoms with van der Waals surface area (Å²) in [6.07, 6.45) is 6.51. The van der Waals surface area contributed by atoms with E-state index in [1.165, 1.54) is 28.3 Å². The molecule has 2 N–H and O–H groups in total. The van der Waals surface area contributed by atoms with Crippen molar-refractivity contribution < 1.29 is 4.39 Å². The van der Waals surface area contributed by atoms with Crippen molar-refractivity contribution in [3.8, 4) is 6.07 Å². The average molecular weight is 491 g/mol. The first kappa shape index (κ1) is 23.4. The topological polar surface area (TPSA) is 68.9 Å². The number of hydrogen-bond acceptors (Lipinski definition) is 5. The standard InChI is InChI=1S/C27H28ClFN6/c1-17-20(4-3-19-11-18(14-30)12-23(17)19)15-35-9-7-22(8-10-35)32-27-26(31-16-34(27)2)33-25-6-5-21(28)13-24(25)29/h3-6,12-13,16,22,32-33H,7-11,15H2,1-2H3. The van der Waals surface area contributed by atoms with Gasteiger partial charge in [-0.3, -0.25) is 4.90 Å². The number of aromatic nitrogens is 2. The van der Waals surface area contributed by atoms with Crippen LogP contribution in [0.5, 0.6) is 0 Å². The Labute approximate surface area is 210 Å². The molecule has 5 rings (SSSR count). The van der Waals surface area contributed by atoms with E-state index in [2.05, 4.69) is 45.6 Å². The molecule has 0 radical (unpaired) electrons. The minimum absolute atomic E-state index is 0.305. The Kier molecular flexibility index (Phi) is 6.50. The van der Waals surface area contributed by atoms with Gasteiger partial charge in [-0.1, -0.05) is 23.7 Å². The second-order valence-corrected chi connectivity index (χ2v) is 9.81. The molecule has 8 heteroatoms. The lowest BCUT2D eigenvalue weighted by Gasteiger charge is -2.33. The van der Waals surface area contributed by atoms with Gasteiger partial charge in [0, 0.05) is 49.7 Å². The first-order valence-corrected chi connectivity index (χ1v) is 12.2. The first-order valence-electron chi connectivity index (χ1n) is 11.9. The summed E-state index contributed by atoms with van der Waals surface area (Å²) in [5.41, 5.74) is 6.28. The molecular formula is C27H28ClFN6. The number of nitrogens with one attached hydrogen (secondary N) is 2. The highest BCUT2D eigenvalue weighted by Crippen LogP contribution is 2.31. The molecule has 1 saturated heterocycles. The number of hydrogen-bond donors (Lipinski definition) is 2. The maximum Gasteiger partial charge on any atom is 0.173 e. The molecule has 6 nitrogen and oxygen atoms in total. The zero-order valence-electron chi connectivity index (χ0n) is 19.9. The van der Waals surface area contributed by atoms with E-state index in [0.717, 1.165) is 50.3 Å². The molecule has 2 aliphatic rings. The lowest BCUT2D eigenvalue weighted by molar-refractivity contribution is 0.210. The third-order valence-corrected chi connectivity index (χ3v) is 7.24. The fraction of sp³-hybridized carbons (Fsp3) is 0.333. The third-order valence-electron chi connectivity index (χ3n) is 7.00. The Hall–Kier alpha value is -3.34. The highest BCUT2D eigenvalue weighted by Gasteiger charge is 2.23. The third kappa shape index (κ3) is 4.90. The summed E-state index contributed by atoms with van der Waals surface area (Å²) in [6.45, 7) is 5.05. The van der Waals surface area contributed by atoms with Gasteiger partial charge in [-0.25, -0.2) is 9.37 Å². The number of imidazole rings is 1. The molecule has 1 aliphatic heterocycles. The number of rotatable bonds is 6. The van der Waals surface area contributed by atoms with Gasteiger partial charge in [-0.15, -0.1) is 0 Å². The van der Waals surface area contributed by atoms with Gasteiger partial charge in [-0.05, 0) is 66.3 Å². The molecule has 0 atom stereocenters. The number of aryl methyl sites for hydroxylation is 1.